The lowest BCUT2D eigenvalue weighted by molar-refractivity contribution is -0.137. The SMILES string of the molecule is O=C(NO)C(c1ccccc1)N1CCN(C(=O)Cc2ccccc2)CC1. The Labute approximate surface area is 153 Å². The van der Waals surface area contributed by atoms with E-state index in [4.69, 9.17) is 5.21 Å². The number of benzene rings is 2. The van der Waals surface area contributed by atoms with E-state index in [0.29, 0.717) is 32.6 Å². The van der Waals surface area contributed by atoms with Gasteiger partial charge in [-0.2, -0.15) is 0 Å². The van der Waals surface area contributed by atoms with Crippen molar-refractivity contribution in [1.82, 2.24) is 15.3 Å². The largest absolute Gasteiger partial charge is 0.340 e. The highest BCUT2D eigenvalue weighted by Crippen LogP contribution is 2.22. The molecule has 1 saturated heterocycles. The van der Waals surface area contributed by atoms with Gasteiger partial charge in [0.1, 0.15) is 6.04 Å². The molecule has 0 aromatic heterocycles. The summed E-state index contributed by atoms with van der Waals surface area (Å²) >= 11 is 0. The molecule has 3 rings (SSSR count). The molecular formula is C20H23N3O3. The van der Waals surface area contributed by atoms with Crippen molar-refractivity contribution < 1.29 is 14.8 Å². The number of nitrogens with zero attached hydrogens (tertiary/aromatic N) is 2. The molecule has 1 aliphatic heterocycles. The number of piperazine rings is 1. The molecular weight excluding hydrogens is 330 g/mol. The Balaban J connectivity index is 1.62. The number of nitrogens with one attached hydrogen (secondary N) is 1. The maximum Gasteiger partial charge on any atom is 0.265 e. The Hall–Kier alpha value is -2.70. The Morgan fingerprint density at radius 3 is 2.08 bits per heavy atom. The quantitative estimate of drug-likeness (QED) is 0.633. The normalized spacial score (nSPS) is 16.1. The van der Waals surface area contributed by atoms with Crippen LogP contribution in [-0.2, 0) is 16.0 Å². The third-order valence-electron chi connectivity index (χ3n) is 4.70. The van der Waals surface area contributed by atoms with Gasteiger partial charge in [-0.1, -0.05) is 60.7 Å². The van der Waals surface area contributed by atoms with Gasteiger partial charge in [0.2, 0.25) is 5.91 Å². The molecule has 1 aliphatic rings. The molecule has 1 unspecified atom stereocenters. The first-order valence-corrected chi connectivity index (χ1v) is 8.73. The molecule has 136 valence electrons. The van der Waals surface area contributed by atoms with Gasteiger partial charge in [0.15, 0.2) is 0 Å². The highest BCUT2D eigenvalue weighted by Gasteiger charge is 2.31. The van der Waals surface area contributed by atoms with Crippen molar-refractivity contribution in [2.75, 3.05) is 26.2 Å². The molecule has 0 radical (unpaired) electrons. The number of hydrogen-bond acceptors (Lipinski definition) is 4. The van der Waals surface area contributed by atoms with Crippen LogP contribution in [0.1, 0.15) is 17.2 Å². The standard InChI is InChI=1S/C20H23N3O3/c24-18(15-16-7-3-1-4-8-16)22-11-13-23(14-12-22)19(20(25)21-26)17-9-5-2-6-10-17/h1-10,19,26H,11-15H2,(H,21,25). The lowest BCUT2D eigenvalue weighted by Crippen LogP contribution is -2.52. The van der Waals surface area contributed by atoms with E-state index in [-0.39, 0.29) is 5.91 Å². The second kappa shape index (κ2) is 8.60. The minimum atomic E-state index is -0.562. The molecule has 6 heteroatoms. The molecule has 1 fully saturated rings. The topological polar surface area (TPSA) is 72.9 Å². The second-order valence-corrected chi connectivity index (χ2v) is 6.37. The first-order valence-electron chi connectivity index (χ1n) is 8.73. The predicted octanol–water partition coefficient (Wildman–Crippen LogP) is 1.62. The minimum absolute atomic E-state index is 0.0960. The molecule has 0 bridgehead atoms. The molecule has 0 aliphatic carbocycles. The van der Waals surface area contributed by atoms with Crippen molar-refractivity contribution in [3.8, 4) is 0 Å². The van der Waals surface area contributed by atoms with E-state index in [1.807, 2.05) is 70.5 Å². The summed E-state index contributed by atoms with van der Waals surface area (Å²) < 4.78 is 0. The molecule has 2 N–H and O–H groups in total. The first kappa shape index (κ1) is 18.1. The van der Waals surface area contributed by atoms with Gasteiger partial charge < -0.3 is 4.90 Å². The predicted molar refractivity (Wildman–Crippen MR) is 97.4 cm³/mol. The maximum absolute atomic E-state index is 12.5. The van der Waals surface area contributed by atoms with Crippen molar-refractivity contribution in [2.45, 2.75) is 12.5 Å². The Morgan fingerprint density at radius 2 is 1.50 bits per heavy atom. The summed E-state index contributed by atoms with van der Waals surface area (Å²) in [5, 5.41) is 9.11. The van der Waals surface area contributed by atoms with Crippen molar-refractivity contribution in [3.63, 3.8) is 0 Å². The molecule has 1 atom stereocenters. The molecule has 2 amide bonds. The Bertz CT molecular complexity index is 728. The summed E-state index contributed by atoms with van der Waals surface area (Å²) in [5.74, 6) is -0.362. The summed E-state index contributed by atoms with van der Waals surface area (Å²) in [6.45, 7) is 2.28. The van der Waals surface area contributed by atoms with Gasteiger partial charge in [-0.05, 0) is 11.1 Å². The van der Waals surface area contributed by atoms with Gasteiger partial charge in [-0.15, -0.1) is 0 Å². The van der Waals surface area contributed by atoms with Crippen LogP contribution in [0, 0.1) is 0 Å². The summed E-state index contributed by atoms with van der Waals surface area (Å²) in [5.41, 5.74) is 3.59. The fraction of sp³-hybridized carbons (Fsp3) is 0.300. The molecule has 2 aromatic carbocycles. The third kappa shape index (κ3) is 4.28. The van der Waals surface area contributed by atoms with Gasteiger partial charge in [0.05, 0.1) is 6.42 Å². The summed E-state index contributed by atoms with van der Waals surface area (Å²) in [6.07, 6.45) is 0.389. The minimum Gasteiger partial charge on any atom is -0.340 e. The average molecular weight is 353 g/mol. The smallest absolute Gasteiger partial charge is 0.265 e. The zero-order valence-corrected chi connectivity index (χ0v) is 14.5. The van der Waals surface area contributed by atoms with E-state index in [0.717, 1.165) is 11.1 Å². The van der Waals surface area contributed by atoms with E-state index < -0.39 is 11.9 Å². The van der Waals surface area contributed by atoms with Crippen molar-refractivity contribution in [3.05, 3.63) is 71.8 Å². The highest BCUT2D eigenvalue weighted by molar-refractivity contribution is 5.82. The number of hydroxylamine groups is 1. The van der Waals surface area contributed by atoms with Crippen LogP contribution in [0.3, 0.4) is 0 Å². The van der Waals surface area contributed by atoms with Crippen LogP contribution in [-0.4, -0.2) is 53.0 Å². The maximum atomic E-state index is 12.5. The molecule has 6 nitrogen and oxygen atoms in total. The first-order chi connectivity index (χ1) is 12.7. The van der Waals surface area contributed by atoms with E-state index in [1.54, 1.807) is 5.48 Å². The zero-order valence-electron chi connectivity index (χ0n) is 14.5. The Kier molecular flexibility index (Phi) is 5.99. The lowest BCUT2D eigenvalue weighted by atomic mass is 10.0. The van der Waals surface area contributed by atoms with Crippen LogP contribution in [0.25, 0.3) is 0 Å². The highest BCUT2D eigenvalue weighted by atomic mass is 16.5. The Morgan fingerprint density at radius 1 is 0.923 bits per heavy atom. The van der Waals surface area contributed by atoms with Crippen LogP contribution in [0.2, 0.25) is 0 Å². The van der Waals surface area contributed by atoms with E-state index in [2.05, 4.69) is 0 Å². The molecule has 0 spiro atoms. The zero-order chi connectivity index (χ0) is 18.4. The monoisotopic (exact) mass is 353 g/mol. The van der Waals surface area contributed by atoms with Gasteiger partial charge in [0, 0.05) is 26.2 Å². The van der Waals surface area contributed by atoms with Crippen LogP contribution in [0.4, 0.5) is 0 Å². The van der Waals surface area contributed by atoms with E-state index in [9.17, 15) is 9.59 Å². The molecule has 26 heavy (non-hydrogen) atoms. The lowest BCUT2D eigenvalue weighted by Gasteiger charge is -2.38. The van der Waals surface area contributed by atoms with Crippen LogP contribution < -0.4 is 5.48 Å². The van der Waals surface area contributed by atoms with E-state index in [1.165, 1.54) is 0 Å². The third-order valence-corrected chi connectivity index (χ3v) is 4.70. The molecule has 0 saturated carbocycles. The summed E-state index contributed by atoms with van der Waals surface area (Å²) in [7, 11) is 0. The number of rotatable bonds is 5. The number of hydrogen-bond donors (Lipinski definition) is 2. The summed E-state index contributed by atoms with van der Waals surface area (Å²) in [6, 6.07) is 18.5. The number of amides is 2. The average Bonchev–Trinajstić information content (AvgIpc) is 2.70. The van der Waals surface area contributed by atoms with Crippen LogP contribution >= 0.6 is 0 Å². The number of carbonyl (C=O) groups excluding carboxylic acids is 2. The van der Waals surface area contributed by atoms with E-state index >= 15 is 0 Å². The van der Waals surface area contributed by atoms with Gasteiger partial charge >= 0.3 is 0 Å². The summed E-state index contributed by atoms with van der Waals surface area (Å²) in [4.78, 5) is 28.5. The van der Waals surface area contributed by atoms with Crippen LogP contribution in [0.15, 0.2) is 60.7 Å². The molecule has 2 aromatic rings. The second-order valence-electron chi connectivity index (χ2n) is 6.37. The molecule has 1 heterocycles. The van der Waals surface area contributed by atoms with Crippen molar-refractivity contribution in [2.24, 2.45) is 0 Å². The fourth-order valence-corrected chi connectivity index (χ4v) is 3.34. The number of carbonyl (C=O) groups is 2. The van der Waals surface area contributed by atoms with Gasteiger partial charge in [-0.25, -0.2) is 5.48 Å². The van der Waals surface area contributed by atoms with Crippen molar-refractivity contribution >= 4 is 11.8 Å². The van der Waals surface area contributed by atoms with Gasteiger partial charge in [-0.3, -0.25) is 19.7 Å². The fourth-order valence-electron chi connectivity index (χ4n) is 3.34. The van der Waals surface area contributed by atoms with Crippen LogP contribution in [0.5, 0.6) is 0 Å². The van der Waals surface area contributed by atoms with Crippen molar-refractivity contribution in [1.29, 1.82) is 0 Å². The van der Waals surface area contributed by atoms with Gasteiger partial charge in [0.25, 0.3) is 5.91 Å².